The van der Waals surface area contributed by atoms with Gasteiger partial charge in [-0.25, -0.2) is 8.78 Å². The molecule has 0 aromatic carbocycles. The van der Waals surface area contributed by atoms with E-state index in [0.717, 1.165) is 0 Å². The van der Waals surface area contributed by atoms with Gasteiger partial charge >= 0.3 is 0 Å². The second kappa shape index (κ2) is 4.82. The van der Waals surface area contributed by atoms with E-state index >= 15 is 0 Å². The van der Waals surface area contributed by atoms with Crippen LogP contribution in [-0.4, -0.2) is 29.1 Å². The van der Waals surface area contributed by atoms with E-state index in [1.165, 1.54) is 6.92 Å². The van der Waals surface area contributed by atoms with Crippen molar-refractivity contribution in [2.75, 3.05) is 11.8 Å². The Balaban J connectivity index is 4.69. The monoisotopic (exact) mass is 219 g/mol. The predicted molar refractivity (Wildman–Crippen MR) is 44.8 cm³/mol. The maximum atomic E-state index is 12.2. The summed E-state index contributed by atoms with van der Waals surface area (Å²) in [5, 5.41) is 10.8. The van der Waals surface area contributed by atoms with E-state index in [4.69, 9.17) is 28.4 Å². The SMILES string of the molecule is CC(CCl)(CCl)/C(=N\O)C(F)F. The Morgan fingerprint density at radius 2 is 1.92 bits per heavy atom. The second-order valence-corrected chi connectivity index (χ2v) is 3.15. The minimum absolute atomic E-state index is 0.111. The molecule has 0 spiro atoms. The quantitative estimate of drug-likeness (QED) is 0.336. The Hall–Kier alpha value is -0.0900. The van der Waals surface area contributed by atoms with Crippen LogP contribution in [0.4, 0.5) is 8.78 Å². The van der Waals surface area contributed by atoms with Gasteiger partial charge in [0.25, 0.3) is 6.43 Å². The normalized spacial score (nSPS) is 14.0. The van der Waals surface area contributed by atoms with Gasteiger partial charge in [0.1, 0.15) is 5.71 Å². The lowest BCUT2D eigenvalue weighted by Crippen LogP contribution is -2.36. The number of hydrogen-bond donors (Lipinski definition) is 1. The Bertz CT molecular complexity index is 171. The summed E-state index contributed by atoms with van der Waals surface area (Å²) in [6, 6.07) is 0. The third-order valence-corrected chi connectivity index (χ3v) is 2.70. The molecule has 12 heavy (non-hydrogen) atoms. The zero-order valence-electron chi connectivity index (χ0n) is 6.40. The van der Waals surface area contributed by atoms with Gasteiger partial charge in [0.05, 0.1) is 0 Å². The Labute approximate surface area is 79.1 Å². The number of oxime groups is 1. The summed E-state index contributed by atoms with van der Waals surface area (Å²) < 4.78 is 24.3. The van der Waals surface area contributed by atoms with Crippen LogP contribution in [0.2, 0.25) is 0 Å². The molecule has 0 fully saturated rings. The van der Waals surface area contributed by atoms with Crippen LogP contribution in [-0.2, 0) is 0 Å². The summed E-state index contributed by atoms with van der Waals surface area (Å²) in [4.78, 5) is 0. The molecule has 0 radical (unpaired) electrons. The molecule has 0 atom stereocenters. The van der Waals surface area contributed by atoms with E-state index in [2.05, 4.69) is 5.16 Å². The molecular weight excluding hydrogens is 211 g/mol. The van der Waals surface area contributed by atoms with Gasteiger partial charge in [0.15, 0.2) is 0 Å². The summed E-state index contributed by atoms with van der Waals surface area (Å²) >= 11 is 10.8. The van der Waals surface area contributed by atoms with Crippen molar-refractivity contribution >= 4 is 28.9 Å². The highest BCUT2D eigenvalue weighted by molar-refractivity contribution is 6.24. The first-order valence-electron chi connectivity index (χ1n) is 3.14. The van der Waals surface area contributed by atoms with Crippen LogP contribution in [0.1, 0.15) is 6.92 Å². The molecular formula is C6H9Cl2F2NO. The van der Waals surface area contributed by atoms with Gasteiger partial charge in [-0.2, -0.15) is 0 Å². The highest BCUT2D eigenvalue weighted by Crippen LogP contribution is 2.26. The van der Waals surface area contributed by atoms with Crippen LogP contribution in [0.15, 0.2) is 5.16 Å². The predicted octanol–water partition coefficient (Wildman–Crippen LogP) is 2.57. The van der Waals surface area contributed by atoms with Gasteiger partial charge in [-0.3, -0.25) is 0 Å². The van der Waals surface area contributed by atoms with Crippen molar-refractivity contribution in [1.82, 2.24) is 0 Å². The molecule has 72 valence electrons. The van der Waals surface area contributed by atoms with Gasteiger partial charge in [-0.15, -0.1) is 23.2 Å². The number of alkyl halides is 4. The van der Waals surface area contributed by atoms with Gasteiger partial charge in [0.2, 0.25) is 0 Å². The molecule has 6 heteroatoms. The molecule has 0 bridgehead atoms. The van der Waals surface area contributed by atoms with Crippen LogP contribution in [0, 0.1) is 5.41 Å². The third-order valence-electron chi connectivity index (χ3n) is 1.52. The molecule has 0 unspecified atom stereocenters. The van der Waals surface area contributed by atoms with Crippen LogP contribution >= 0.6 is 23.2 Å². The fourth-order valence-electron chi connectivity index (χ4n) is 0.600. The lowest BCUT2D eigenvalue weighted by molar-refractivity contribution is 0.199. The highest BCUT2D eigenvalue weighted by atomic mass is 35.5. The topological polar surface area (TPSA) is 32.6 Å². The molecule has 0 aliphatic heterocycles. The summed E-state index contributed by atoms with van der Waals surface area (Å²) in [6.07, 6.45) is -2.84. The Morgan fingerprint density at radius 1 is 1.50 bits per heavy atom. The highest BCUT2D eigenvalue weighted by Gasteiger charge is 2.35. The van der Waals surface area contributed by atoms with Crippen LogP contribution < -0.4 is 0 Å². The molecule has 0 aliphatic rings. The van der Waals surface area contributed by atoms with Gasteiger partial charge in [0, 0.05) is 17.2 Å². The van der Waals surface area contributed by atoms with Crippen molar-refractivity contribution < 1.29 is 14.0 Å². The van der Waals surface area contributed by atoms with E-state index in [-0.39, 0.29) is 11.8 Å². The van der Waals surface area contributed by atoms with Gasteiger partial charge < -0.3 is 5.21 Å². The summed E-state index contributed by atoms with van der Waals surface area (Å²) in [7, 11) is 0. The van der Waals surface area contributed by atoms with E-state index < -0.39 is 17.6 Å². The molecule has 1 N–H and O–H groups in total. The van der Waals surface area contributed by atoms with Crippen LogP contribution in [0.3, 0.4) is 0 Å². The number of halogens is 4. The lowest BCUT2D eigenvalue weighted by Gasteiger charge is -2.24. The summed E-state index contributed by atoms with van der Waals surface area (Å²) in [5.74, 6) is -0.222. The molecule has 2 nitrogen and oxygen atoms in total. The van der Waals surface area contributed by atoms with Crippen molar-refractivity contribution in [1.29, 1.82) is 0 Å². The molecule has 0 saturated carbocycles. The van der Waals surface area contributed by atoms with Crippen molar-refractivity contribution in [3.8, 4) is 0 Å². The van der Waals surface area contributed by atoms with E-state index in [9.17, 15) is 8.78 Å². The fraction of sp³-hybridized carbons (Fsp3) is 0.833. The standard InChI is InChI=1S/C6H9Cl2F2NO/c1-6(2-7,3-8)4(11-12)5(9)10/h5,12H,2-3H2,1H3/b11-4-. The van der Waals surface area contributed by atoms with Crippen molar-refractivity contribution in [2.45, 2.75) is 13.3 Å². The van der Waals surface area contributed by atoms with Gasteiger partial charge in [-0.1, -0.05) is 12.1 Å². The maximum Gasteiger partial charge on any atom is 0.280 e. The number of hydrogen-bond acceptors (Lipinski definition) is 2. The van der Waals surface area contributed by atoms with E-state index in [1.54, 1.807) is 0 Å². The fourth-order valence-corrected chi connectivity index (χ4v) is 1.16. The molecule has 0 heterocycles. The van der Waals surface area contributed by atoms with Gasteiger partial charge in [-0.05, 0) is 0 Å². The van der Waals surface area contributed by atoms with Crippen molar-refractivity contribution in [3.05, 3.63) is 0 Å². The zero-order valence-corrected chi connectivity index (χ0v) is 7.91. The third kappa shape index (κ3) is 2.45. The molecule has 0 aromatic rings. The zero-order chi connectivity index (χ0) is 9.78. The molecule has 0 saturated heterocycles. The summed E-state index contributed by atoms with van der Waals surface area (Å²) in [5.41, 5.74) is -1.82. The minimum atomic E-state index is -2.84. The van der Waals surface area contributed by atoms with E-state index in [1.807, 2.05) is 0 Å². The van der Waals surface area contributed by atoms with Crippen LogP contribution in [0.5, 0.6) is 0 Å². The smallest absolute Gasteiger partial charge is 0.280 e. The van der Waals surface area contributed by atoms with Crippen molar-refractivity contribution in [2.24, 2.45) is 10.6 Å². The lowest BCUT2D eigenvalue weighted by atomic mass is 9.89. The first-order chi connectivity index (χ1) is 5.51. The Morgan fingerprint density at radius 3 is 2.00 bits per heavy atom. The molecule has 0 aliphatic carbocycles. The summed E-state index contributed by atoms with van der Waals surface area (Å²) in [6.45, 7) is 1.41. The van der Waals surface area contributed by atoms with Crippen LogP contribution in [0.25, 0.3) is 0 Å². The maximum absolute atomic E-state index is 12.2. The largest absolute Gasteiger partial charge is 0.411 e. The first-order valence-corrected chi connectivity index (χ1v) is 4.21. The molecule has 0 aromatic heterocycles. The first kappa shape index (κ1) is 11.9. The average molecular weight is 220 g/mol. The average Bonchev–Trinajstić information content (AvgIpc) is 2.04. The Kier molecular flexibility index (Phi) is 4.78. The number of rotatable bonds is 4. The minimum Gasteiger partial charge on any atom is -0.411 e. The molecule has 0 amide bonds. The number of nitrogens with zero attached hydrogens (tertiary/aromatic N) is 1. The molecule has 0 rings (SSSR count). The van der Waals surface area contributed by atoms with Crippen molar-refractivity contribution in [3.63, 3.8) is 0 Å². The van der Waals surface area contributed by atoms with E-state index in [0.29, 0.717) is 0 Å². The second-order valence-electron chi connectivity index (χ2n) is 2.61.